The Bertz CT molecular complexity index is 231. The van der Waals surface area contributed by atoms with Crippen molar-refractivity contribution >= 4 is 5.91 Å². The zero-order chi connectivity index (χ0) is 10.8. The third kappa shape index (κ3) is 3.47. The molecule has 0 aromatic heterocycles. The second-order valence-corrected chi connectivity index (χ2v) is 4.93. The van der Waals surface area contributed by atoms with Gasteiger partial charge in [0, 0.05) is 6.04 Å². The zero-order valence-electron chi connectivity index (χ0n) is 9.58. The molecule has 2 fully saturated rings. The van der Waals surface area contributed by atoms with E-state index in [0.717, 1.165) is 25.9 Å². The van der Waals surface area contributed by atoms with Crippen LogP contribution in [-0.2, 0) is 9.53 Å². The normalized spacial score (nSPS) is 36.3. The van der Waals surface area contributed by atoms with Crippen LogP contribution in [0.1, 0.15) is 26.7 Å². The van der Waals surface area contributed by atoms with Crippen molar-refractivity contribution in [1.29, 1.82) is 0 Å². The molecule has 86 valence electrons. The van der Waals surface area contributed by atoms with Crippen LogP contribution in [0.4, 0.5) is 0 Å². The van der Waals surface area contributed by atoms with Crippen LogP contribution >= 0.6 is 0 Å². The number of nitrogens with one attached hydrogen (secondary N) is 2. The van der Waals surface area contributed by atoms with Gasteiger partial charge in [0.15, 0.2) is 6.54 Å². The number of morpholine rings is 1. The monoisotopic (exact) mass is 213 g/mol. The van der Waals surface area contributed by atoms with Crippen molar-refractivity contribution in [3.8, 4) is 0 Å². The van der Waals surface area contributed by atoms with Gasteiger partial charge in [0.25, 0.3) is 5.91 Å². The van der Waals surface area contributed by atoms with E-state index in [1.54, 1.807) is 0 Å². The summed E-state index contributed by atoms with van der Waals surface area (Å²) in [6.07, 6.45) is 2.88. The fourth-order valence-electron chi connectivity index (χ4n) is 2.27. The lowest BCUT2D eigenvalue weighted by Crippen LogP contribution is -3.16. The van der Waals surface area contributed by atoms with Gasteiger partial charge in [-0.3, -0.25) is 4.79 Å². The van der Waals surface area contributed by atoms with Gasteiger partial charge < -0.3 is 15.0 Å². The maximum Gasteiger partial charge on any atom is 0.275 e. The van der Waals surface area contributed by atoms with Gasteiger partial charge in [0.1, 0.15) is 25.3 Å². The summed E-state index contributed by atoms with van der Waals surface area (Å²) in [6.45, 7) is 6.66. The maximum absolute atomic E-state index is 11.6. The molecule has 4 heteroatoms. The van der Waals surface area contributed by atoms with Crippen molar-refractivity contribution < 1.29 is 14.4 Å². The summed E-state index contributed by atoms with van der Waals surface area (Å²) in [6, 6.07) is 0.479. The fourth-order valence-corrected chi connectivity index (χ4v) is 2.27. The fraction of sp³-hybridized carbons (Fsp3) is 0.909. The summed E-state index contributed by atoms with van der Waals surface area (Å²) < 4.78 is 5.64. The second kappa shape index (κ2) is 4.49. The third-order valence-corrected chi connectivity index (χ3v) is 2.97. The minimum Gasteiger partial charge on any atom is -0.364 e. The highest BCUT2D eigenvalue weighted by Gasteiger charge is 2.29. The highest BCUT2D eigenvalue weighted by molar-refractivity contribution is 5.77. The maximum atomic E-state index is 11.6. The average molecular weight is 213 g/mol. The van der Waals surface area contributed by atoms with Crippen molar-refractivity contribution in [2.75, 3.05) is 19.6 Å². The molecule has 0 unspecified atom stereocenters. The summed E-state index contributed by atoms with van der Waals surface area (Å²) in [7, 11) is 0. The van der Waals surface area contributed by atoms with E-state index >= 15 is 0 Å². The van der Waals surface area contributed by atoms with Crippen LogP contribution in [0.3, 0.4) is 0 Å². The van der Waals surface area contributed by atoms with E-state index in [0.29, 0.717) is 12.6 Å². The lowest BCUT2D eigenvalue weighted by Gasteiger charge is -2.31. The van der Waals surface area contributed by atoms with E-state index in [-0.39, 0.29) is 18.1 Å². The largest absolute Gasteiger partial charge is 0.364 e. The van der Waals surface area contributed by atoms with Crippen LogP contribution in [0.5, 0.6) is 0 Å². The van der Waals surface area contributed by atoms with E-state index in [4.69, 9.17) is 4.74 Å². The third-order valence-electron chi connectivity index (χ3n) is 2.97. The van der Waals surface area contributed by atoms with E-state index in [9.17, 15) is 4.79 Å². The number of hydrogen-bond acceptors (Lipinski definition) is 2. The highest BCUT2D eigenvalue weighted by Crippen LogP contribution is 2.18. The summed E-state index contributed by atoms with van der Waals surface area (Å²) in [5, 5.41) is 3.03. The number of ether oxygens (including phenoxy) is 1. The molecular formula is C11H21N2O2+. The molecule has 1 amide bonds. The molecule has 1 aliphatic heterocycles. The topological polar surface area (TPSA) is 42.8 Å². The van der Waals surface area contributed by atoms with Gasteiger partial charge in [-0.15, -0.1) is 0 Å². The van der Waals surface area contributed by atoms with Crippen molar-refractivity contribution in [2.45, 2.75) is 44.9 Å². The Morgan fingerprint density at radius 2 is 1.93 bits per heavy atom. The molecule has 1 saturated carbocycles. The van der Waals surface area contributed by atoms with Crippen LogP contribution in [0, 0.1) is 0 Å². The Morgan fingerprint density at radius 1 is 1.33 bits per heavy atom. The van der Waals surface area contributed by atoms with Gasteiger partial charge in [0.05, 0.1) is 0 Å². The Hall–Kier alpha value is -0.610. The lowest BCUT2D eigenvalue weighted by molar-refractivity contribution is -0.907. The molecule has 15 heavy (non-hydrogen) atoms. The molecular weight excluding hydrogens is 192 g/mol. The van der Waals surface area contributed by atoms with Crippen molar-refractivity contribution in [3.05, 3.63) is 0 Å². The van der Waals surface area contributed by atoms with Crippen molar-refractivity contribution in [1.82, 2.24) is 5.32 Å². The SMILES string of the molecule is C[C@H]1C[NH+](CC(=O)NC2CC2)C[C@H](C)O1. The second-order valence-electron chi connectivity index (χ2n) is 4.93. The van der Waals surface area contributed by atoms with Gasteiger partial charge in [-0.1, -0.05) is 0 Å². The summed E-state index contributed by atoms with van der Waals surface area (Å²) in [4.78, 5) is 12.9. The molecule has 4 nitrogen and oxygen atoms in total. The molecule has 2 aliphatic rings. The van der Waals surface area contributed by atoms with Gasteiger partial charge >= 0.3 is 0 Å². The van der Waals surface area contributed by atoms with Crippen LogP contribution in [-0.4, -0.2) is 43.8 Å². The van der Waals surface area contributed by atoms with Crippen LogP contribution in [0.15, 0.2) is 0 Å². The van der Waals surface area contributed by atoms with Gasteiger partial charge in [-0.25, -0.2) is 0 Å². The van der Waals surface area contributed by atoms with Crippen LogP contribution in [0.25, 0.3) is 0 Å². The molecule has 0 spiro atoms. The van der Waals surface area contributed by atoms with Gasteiger partial charge in [-0.05, 0) is 26.7 Å². The van der Waals surface area contributed by atoms with Crippen molar-refractivity contribution in [2.24, 2.45) is 0 Å². The highest BCUT2D eigenvalue weighted by atomic mass is 16.5. The zero-order valence-corrected chi connectivity index (χ0v) is 9.58. The molecule has 1 aliphatic carbocycles. The quantitative estimate of drug-likeness (QED) is 0.629. The minimum absolute atomic E-state index is 0.203. The molecule has 2 atom stereocenters. The Kier molecular flexibility index (Phi) is 3.26. The van der Waals surface area contributed by atoms with E-state index in [1.165, 1.54) is 4.90 Å². The molecule has 0 bridgehead atoms. The Morgan fingerprint density at radius 3 is 2.47 bits per heavy atom. The lowest BCUT2D eigenvalue weighted by atomic mass is 10.2. The first-order valence-electron chi connectivity index (χ1n) is 5.92. The molecule has 1 saturated heterocycles. The average Bonchev–Trinajstić information content (AvgIpc) is 2.85. The number of rotatable bonds is 3. The Balaban J connectivity index is 1.74. The van der Waals surface area contributed by atoms with E-state index in [2.05, 4.69) is 19.2 Å². The smallest absolute Gasteiger partial charge is 0.275 e. The van der Waals surface area contributed by atoms with Gasteiger partial charge in [-0.2, -0.15) is 0 Å². The minimum atomic E-state index is 0.203. The number of quaternary nitrogens is 1. The first-order valence-corrected chi connectivity index (χ1v) is 5.92. The number of carbonyl (C=O) groups is 1. The molecule has 0 aromatic carbocycles. The van der Waals surface area contributed by atoms with Gasteiger partial charge in [0.2, 0.25) is 0 Å². The summed E-state index contributed by atoms with van der Waals surface area (Å²) >= 11 is 0. The standard InChI is InChI=1S/C11H20N2O2/c1-8-5-13(6-9(2)15-8)7-11(14)12-10-3-4-10/h8-10H,3-7H2,1-2H3,(H,12,14)/p+1/t8-,9-/m0/s1. The predicted octanol–water partition coefficient (Wildman–Crippen LogP) is -1.04. The molecule has 0 aromatic rings. The number of amides is 1. The molecule has 2 rings (SSSR count). The summed E-state index contributed by atoms with van der Waals surface area (Å²) in [5.74, 6) is 0.203. The van der Waals surface area contributed by atoms with E-state index in [1.807, 2.05) is 0 Å². The van der Waals surface area contributed by atoms with Crippen LogP contribution < -0.4 is 10.2 Å². The number of hydrogen-bond donors (Lipinski definition) is 2. The predicted molar refractivity (Wildman–Crippen MR) is 56.7 cm³/mol. The molecule has 2 N–H and O–H groups in total. The number of carbonyl (C=O) groups excluding carboxylic acids is 1. The Labute approximate surface area is 91.0 Å². The molecule has 0 radical (unpaired) electrons. The first-order chi connectivity index (χ1) is 7.13. The summed E-state index contributed by atoms with van der Waals surface area (Å²) in [5.41, 5.74) is 0. The first kappa shape index (κ1) is 10.9. The van der Waals surface area contributed by atoms with Crippen LogP contribution in [0.2, 0.25) is 0 Å². The van der Waals surface area contributed by atoms with Crippen molar-refractivity contribution in [3.63, 3.8) is 0 Å². The van der Waals surface area contributed by atoms with E-state index < -0.39 is 0 Å². The molecule has 1 heterocycles.